The maximum atomic E-state index is 12.2. The van der Waals surface area contributed by atoms with Gasteiger partial charge < -0.3 is 5.32 Å². The molecule has 17 heavy (non-hydrogen) atoms. The summed E-state index contributed by atoms with van der Waals surface area (Å²) in [5.74, 6) is 0.938. The summed E-state index contributed by atoms with van der Waals surface area (Å²) >= 11 is 0. The second-order valence-electron chi connectivity index (χ2n) is 5.19. The van der Waals surface area contributed by atoms with Crippen molar-refractivity contribution in [2.45, 2.75) is 45.2 Å². The fourth-order valence-corrected chi connectivity index (χ4v) is 2.51. The number of aromatic nitrogens is 2. The lowest BCUT2D eigenvalue weighted by Crippen LogP contribution is -2.34. The van der Waals surface area contributed by atoms with Crippen LogP contribution in [0, 0.1) is 5.92 Å². The molecule has 0 atom stereocenters. The van der Waals surface area contributed by atoms with Crippen LogP contribution in [0.2, 0.25) is 0 Å². The van der Waals surface area contributed by atoms with Gasteiger partial charge in [-0.1, -0.05) is 12.8 Å². The zero-order valence-electron chi connectivity index (χ0n) is 10.1. The molecule has 0 spiro atoms. The van der Waals surface area contributed by atoms with Crippen LogP contribution in [0.1, 0.15) is 36.8 Å². The molecule has 0 saturated heterocycles. The molecule has 0 amide bonds. The number of hydrogen-bond acceptors (Lipinski definition) is 3. The third-order valence-electron chi connectivity index (χ3n) is 3.78. The summed E-state index contributed by atoms with van der Waals surface area (Å²) in [4.78, 5) is 12.2. The summed E-state index contributed by atoms with van der Waals surface area (Å²) in [6, 6.07) is 0. The Hall–Kier alpha value is -1.16. The van der Waals surface area contributed by atoms with E-state index in [1.165, 1.54) is 19.3 Å². The van der Waals surface area contributed by atoms with Crippen molar-refractivity contribution < 1.29 is 0 Å². The number of nitrogens with one attached hydrogen (secondary N) is 1. The van der Waals surface area contributed by atoms with Crippen LogP contribution in [-0.4, -0.2) is 16.3 Å². The van der Waals surface area contributed by atoms with E-state index in [9.17, 15) is 4.79 Å². The van der Waals surface area contributed by atoms with Crippen molar-refractivity contribution in [1.29, 1.82) is 0 Å². The van der Waals surface area contributed by atoms with Gasteiger partial charge in [-0.25, -0.2) is 4.68 Å². The van der Waals surface area contributed by atoms with Crippen molar-refractivity contribution in [1.82, 2.24) is 15.1 Å². The van der Waals surface area contributed by atoms with E-state index in [2.05, 4.69) is 10.4 Å². The Kier molecular flexibility index (Phi) is 2.97. The average Bonchev–Trinajstić information content (AvgIpc) is 3.17. The molecule has 1 aromatic heterocycles. The summed E-state index contributed by atoms with van der Waals surface area (Å²) in [6.45, 7) is 2.49. The van der Waals surface area contributed by atoms with Gasteiger partial charge in [-0.05, 0) is 37.3 Å². The van der Waals surface area contributed by atoms with E-state index in [0.717, 1.165) is 49.5 Å². The van der Waals surface area contributed by atoms with Gasteiger partial charge in [0.15, 0.2) is 0 Å². The van der Waals surface area contributed by atoms with Crippen LogP contribution in [0.25, 0.3) is 0 Å². The van der Waals surface area contributed by atoms with E-state index in [-0.39, 0.29) is 5.56 Å². The van der Waals surface area contributed by atoms with E-state index in [4.69, 9.17) is 0 Å². The third-order valence-corrected chi connectivity index (χ3v) is 3.78. The molecular weight excluding hydrogens is 214 g/mol. The SMILES string of the molecule is O=c1c2c(cnn1CCCC1CC1)CNCC2. The molecule has 1 aliphatic carbocycles. The molecular formula is C13H19N3O. The zero-order valence-corrected chi connectivity index (χ0v) is 10.1. The Morgan fingerprint density at radius 1 is 1.47 bits per heavy atom. The topological polar surface area (TPSA) is 46.9 Å². The lowest BCUT2D eigenvalue weighted by Gasteiger charge is -2.16. The van der Waals surface area contributed by atoms with Gasteiger partial charge in [-0.2, -0.15) is 5.10 Å². The lowest BCUT2D eigenvalue weighted by molar-refractivity contribution is 0.500. The van der Waals surface area contributed by atoms with E-state index in [1.807, 2.05) is 6.20 Å². The van der Waals surface area contributed by atoms with E-state index < -0.39 is 0 Å². The van der Waals surface area contributed by atoms with Crippen LogP contribution in [0.3, 0.4) is 0 Å². The largest absolute Gasteiger partial charge is 0.312 e. The van der Waals surface area contributed by atoms with Gasteiger partial charge in [0.25, 0.3) is 5.56 Å². The van der Waals surface area contributed by atoms with Crippen LogP contribution >= 0.6 is 0 Å². The highest BCUT2D eigenvalue weighted by atomic mass is 16.1. The summed E-state index contributed by atoms with van der Waals surface area (Å²) in [5, 5.41) is 7.54. The summed E-state index contributed by atoms with van der Waals surface area (Å²) in [7, 11) is 0. The van der Waals surface area contributed by atoms with Crippen molar-refractivity contribution in [3.63, 3.8) is 0 Å². The van der Waals surface area contributed by atoms with Crippen molar-refractivity contribution in [2.75, 3.05) is 6.54 Å². The van der Waals surface area contributed by atoms with E-state index in [1.54, 1.807) is 4.68 Å². The van der Waals surface area contributed by atoms with E-state index >= 15 is 0 Å². The first-order valence-electron chi connectivity index (χ1n) is 6.63. The zero-order chi connectivity index (χ0) is 11.7. The van der Waals surface area contributed by atoms with Gasteiger partial charge >= 0.3 is 0 Å². The molecule has 3 rings (SSSR count). The highest BCUT2D eigenvalue weighted by Crippen LogP contribution is 2.33. The normalized spacial score (nSPS) is 19.1. The van der Waals surface area contributed by atoms with Gasteiger partial charge in [-0.15, -0.1) is 0 Å². The van der Waals surface area contributed by atoms with Gasteiger partial charge in [0, 0.05) is 18.7 Å². The lowest BCUT2D eigenvalue weighted by atomic mass is 10.1. The van der Waals surface area contributed by atoms with Crippen molar-refractivity contribution in [3.05, 3.63) is 27.7 Å². The number of hydrogen-bond donors (Lipinski definition) is 1. The molecule has 2 heterocycles. The first-order valence-corrected chi connectivity index (χ1v) is 6.63. The number of nitrogens with zero attached hydrogens (tertiary/aromatic N) is 2. The Balaban J connectivity index is 1.72. The highest BCUT2D eigenvalue weighted by molar-refractivity contribution is 5.23. The first-order chi connectivity index (χ1) is 8.34. The van der Waals surface area contributed by atoms with E-state index in [0.29, 0.717) is 0 Å². The fourth-order valence-electron chi connectivity index (χ4n) is 2.51. The maximum absolute atomic E-state index is 12.2. The molecule has 4 heteroatoms. The minimum absolute atomic E-state index is 0.139. The standard InChI is InChI=1S/C13H19N3O/c17-13-12-5-6-14-8-11(12)9-15-16(13)7-1-2-10-3-4-10/h9-10,14H,1-8H2. The Morgan fingerprint density at radius 2 is 2.35 bits per heavy atom. The quantitative estimate of drug-likeness (QED) is 0.846. The maximum Gasteiger partial charge on any atom is 0.270 e. The van der Waals surface area contributed by atoms with Crippen molar-refractivity contribution >= 4 is 0 Å². The molecule has 1 N–H and O–H groups in total. The van der Waals surface area contributed by atoms with Gasteiger partial charge in [0.1, 0.15) is 0 Å². The molecule has 0 radical (unpaired) electrons. The predicted molar refractivity (Wildman–Crippen MR) is 65.9 cm³/mol. The molecule has 0 unspecified atom stereocenters. The van der Waals surface area contributed by atoms with Crippen molar-refractivity contribution in [2.24, 2.45) is 5.92 Å². The highest BCUT2D eigenvalue weighted by Gasteiger charge is 2.20. The third kappa shape index (κ3) is 2.41. The number of fused-ring (bicyclic) bond motifs is 1. The van der Waals surface area contributed by atoms with Crippen LogP contribution in [0.15, 0.2) is 11.0 Å². The molecule has 1 aliphatic heterocycles. The Morgan fingerprint density at radius 3 is 3.18 bits per heavy atom. The molecule has 2 aliphatic rings. The smallest absolute Gasteiger partial charge is 0.270 e. The molecule has 1 aromatic rings. The Labute approximate surface area is 101 Å². The number of aryl methyl sites for hydroxylation is 1. The van der Waals surface area contributed by atoms with Gasteiger partial charge in [0.2, 0.25) is 0 Å². The van der Waals surface area contributed by atoms with Gasteiger partial charge in [0.05, 0.1) is 6.20 Å². The Bertz CT molecular complexity index is 462. The summed E-state index contributed by atoms with van der Waals surface area (Å²) in [5.41, 5.74) is 2.20. The predicted octanol–water partition coefficient (Wildman–Crippen LogP) is 1.08. The van der Waals surface area contributed by atoms with Crippen molar-refractivity contribution in [3.8, 4) is 0 Å². The summed E-state index contributed by atoms with van der Waals surface area (Å²) < 4.78 is 1.66. The average molecular weight is 233 g/mol. The molecule has 0 aromatic carbocycles. The number of rotatable bonds is 4. The fraction of sp³-hybridized carbons (Fsp3) is 0.692. The van der Waals surface area contributed by atoms with Crippen LogP contribution in [0.5, 0.6) is 0 Å². The molecule has 1 fully saturated rings. The monoisotopic (exact) mass is 233 g/mol. The summed E-state index contributed by atoms with van der Waals surface area (Å²) in [6.07, 6.45) is 7.83. The second-order valence-corrected chi connectivity index (χ2v) is 5.19. The first kappa shape index (κ1) is 11.0. The molecule has 4 nitrogen and oxygen atoms in total. The molecule has 1 saturated carbocycles. The van der Waals surface area contributed by atoms with Gasteiger partial charge in [-0.3, -0.25) is 4.79 Å². The molecule has 92 valence electrons. The van der Waals surface area contributed by atoms with Crippen LogP contribution in [0.4, 0.5) is 0 Å². The second kappa shape index (κ2) is 4.61. The van der Waals surface area contributed by atoms with Crippen LogP contribution in [-0.2, 0) is 19.5 Å². The minimum atomic E-state index is 0.139. The minimum Gasteiger partial charge on any atom is -0.312 e. The molecule has 0 bridgehead atoms. The van der Waals surface area contributed by atoms with Crippen LogP contribution < -0.4 is 10.9 Å².